The average molecular weight is 287 g/mol. The van der Waals surface area contributed by atoms with E-state index >= 15 is 0 Å². The van der Waals surface area contributed by atoms with Crippen LogP contribution in [0.2, 0.25) is 0 Å². The standard InChI is InChI=1S/C16H18FN3O/c1-20(2)10-11-4-3-5-13(8-11)19-16(21)14-7-6-12(18)9-15(14)17/h3-9H,10,18H2,1-2H3,(H,19,21). The maximum Gasteiger partial charge on any atom is 0.258 e. The number of amides is 1. The van der Waals surface area contributed by atoms with Crippen molar-refractivity contribution in [3.05, 3.63) is 59.4 Å². The lowest BCUT2D eigenvalue weighted by Gasteiger charge is -2.11. The van der Waals surface area contributed by atoms with Gasteiger partial charge in [0.2, 0.25) is 0 Å². The van der Waals surface area contributed by atoms with Crippen LogP contribution in [0.1, 0.15) is 15.9 Å². The van der Waals surface area contributed by atoms with Crippen LogP contribution in [-0.4, -0.2) is 24.9 Å². The fourth-order valence-corrected chi connectivity index (χ4v) is 2.03. The summed E-state index contributed by atoms with van der Waals surface area (Å²) in [6, 6.07) is 11.5. The number of nitrogens with one attached hydrogen (secondary N) is 1. The SMILES string of the molecule is CN(C)Cc1cccc(NC(=O)c2ccc(N)cc2F)c1. The van der Waals surface area contributed by atoms with Gasteiger partial charge in [0.1, 0.15) is 5.82 Å². The van der Waals surface area contributed by atoms with Crippen LogP contribution in [0.4, 0.5) is 15.8 Å². The minimum atomic E-state index is -0.628. The van der Waals surface area contributed by atoms with Gasteiger partial charge in [-0.1, -0.05) is 12.1 Å². The molecule has 5 heteroatoms. The minimum absolute atomic E-state index is 0.0257. The largest absolute Gasteiger partial charge is 0.399 e. The number of nitrogens with two attached hydrogens (primary N) is 1. The molecule has 0 saturated heterocycles. The number of carbonyl (C=O) groups is 1. The van der Waals surface area contributed by atoms with Crippen LogP contribution < -0.4 is 11.1 Å². The molecule has 0 aliphatic heterocycles. The van der Waals surface area contributed by atoms with E-state index in [2.05, 4.69) is 5.32 Å². The molecule has 0 saturated carbocycles. The highest BCUT2D eigenvalue weighted by Crippen LogP contribution is 2.16. The number of carbonyl (C=O) groups excluding carboxylic acids is 1. The van der Waals surface area contributed by atoms with E-state index in [1.807, 2.05) is 37.2 Å². The van der Waals surface area contributed by atoms with Gasteiger partial charge in [0.15, 0.2) is 0 Å². The molecule has 0 aliphatic carbocycles. The van der Waals surface area contributed by atoms with Crippen molar-refractivity contribution in [2.75, 3.05) is 25.1 Å². The highest BCUT2D eigenvalue weighted by Gasteiger charge is 2.12. The van der Waals surface area contributed by atoms with Crippen molar-refractivity contribution in [2.45, 2.75) is 6.54 Å². The Morgan fingerprint density at radius 1 is 1.24 bits per heavy atom. The summed E-state index contributed by atoms with van der Waals surface area (Å²) in [4.78, 5) is 14.1. The summed E-state index contributed by atoms with van der Waals surface area (Å²) >= 11 is 0. The van der Waals surface area contributed by atoms with Crippen LogP contribution in [-0.2, 0) is 6.54 Å². The van der Waals surface area contributed by atoms with E-state index < -0.39 is 11.7 Å². The van der Waals surface area contributed by atoms with Crippen LogP contribution in [0.25, 0.3) is 0 Å². The van der Waals surface area contributed by atoms with E-state index in [9.17, 15) is 9.18 Å². The lowest BCUT2D eigenvalue weighted by Crippen LogP contribution is -2.15. The summed E-state index contributed by atoms with van der Waals surface area (Å²) in [5, 5.41) is 2.69. The number of benzene rings is 2. The van der Waals surface area contributed by atoms with E-state index in [-0.39, 0.29) is 11.3 Å². The topological polar surface area (TPSA) is 58.4 Å². The van der Waals surface area contributed by atoms with Gasteiger partial charge < -0.3 is 16.0 Å². The Morgan fingerprint density at radius 3 is 2.67 bits per heavy atom. The van der Waals surface area contributed by atoms with Gasteiger partial charge in [-0.05, 0) is 50.0 Å². The van der Waals surface area contributed by atoms with Gasteiger partial charge in [-0.15, -0.1) is 0 Å². The van der Waals surface area contributed by atoms with Crippen molar-refractivity contribution in [1.29, 1.82) is 0 Å². The number of nitrogen functional groups attached to an aromatic ring is 1. The first-order valence-electron chi connectivity index (χ1n) is 6.56. The summed E-state index contributed by atoms with van der Waals surface area (Å²) in [6.45, 7) is 0.764. The molecule has 0 fully saturated rings. The highest BCUT2D eigenvalue weighted by molar-refractivity contribution is 6.04. The second kappa shape index (κ2) is 6.37. The zero-order valence-electron chi connectivity index (χ0n) is 12.1. The number of hydrogen-bond acceptors (Lipinski definition) is 3. The summed E-state index contributed by atoms with van der Waals surface area (Å²) in [5.74, 6) is -1.12. The van der Waals surface area contributed by atoms with Crippen molar-refractivity contribution in [3.8, 4) is 0 Å². The van der Waals surface area contributed by atoms with E-state index in [1.54, 1.807) is 6.07 Å². The summed E-state index contributed by atoms with van der Waals surface area (Å²) in [6.07, 6.45) is 0. The van der Waals surface area contributed by atoms with Gasteiger partial charge >= 0.3 is 0 Å². The van der Waals surface area contributed by atoms with Gasteiger partial charge in [0.25, 0.3) is 5.91 Å². The molecular formula is C16H18FN3O. The molecule has 2 aromatic rings. The fourth-order valence-electron chi connectivity index (χ4n) is 2.03. The molecule has 1 amide bonds. The Bertz CT molecular complexity index is 656. The Kier molecular flexibility index (Phi) is 4.55. The quantitative estimate of drug-likeness (QED) is 0.850. The minimum Gasteiger partial charge on any atom is -0.399 e. The van der Waals surface area contributed by atoms with E-state index in [1.165, 1.54) is 12.1 Å². The van der Waals surface area contributed by atoms with Gasteiger partial charge in [0, 0.05) is 17.9 Å². The molecule has 0 atom stereocenters. The third kappa shape index (κ3) is 4.03. The molecule has 21 heavy (non-hydrogen) atoms. The van der Waals surface area contributed by atoms with Crippen molar-refractivity contribution in [2.24, 2.45) is 0 Å². The molecule has 0 aliphatic rings. The normalized spacial score (nSPS) is 10.7. The zero-order chi connectivity index (χ0) is 15.4. The second-order valence-corrected chi connectivity index (χ2v) is 5.13. The molecule has 0 radical (unpaired) electrons. The lowest BCUT2D eigenvalue weighted by atomic mass is 10.1. The predicted molar refractivity (Wildman–Crippen MR) is 82.6 cm³/mol. The van der Waals surface area contributed by atoms with Gasteiger partial charge in [0.05, 0.1) is 5.56 Å². The maximum absolute atomic E-state index is 13.7. The predicted octanol–water partition coefficient (Wildman–Crippen LogP) is 2.72. The Hall–Kier alpha value is -2.40. The first-order valence-corrected chi connectivity index (χ1v) is 6.56. The molecule has 0 aromatic heterocycles. The van der Waals surface area contributed by atoms with Crippen LogP contribution in [0.15, 0.2) is 42.5 Å². The molecule has 0 heterocycles. The third-order valence-electron chi connectivity index (χ3n) is 2.92. The Labute approximate surface area is 123 Å². The molecular weight excluding hydrogens is 269 g/mol. The highest BCUT2D eigenvalue weighted by atomic mass is 19.1. The maximum atomic E-state index is 13.7. The fraction of sp³-hybridized carbons (Fsp3) is 0.188. The number of halogens is 1. The van der Waals surface area contributed by atoms with Crippen molar-refractivity contribution >= 4 is 17.3 Å². The van der Waals surface area contributed by atoms with Gasteiger partial charge in [-0.2, -0.15) is 0 Å². The van der Waals surface area contributed by atoms with Crippen LogP contribution >= 0.6 is 0 Å². The van der Waals surface area contributed by atoms with E-state index in [4.69, 9.17) is 5.73 Å². The number of rotatable bonds is 4. The average Bonchev–Trinajstić information content (AvgIpc) is 2.37. The Balaban J connectivity index is 2.15. The van der Waals surface area contributed by atoms with Gasteiger partial charge in [-0.25, -0.2) is 4.39 Å². The molecule has 110 valence electrons. The van der Waals surface area contributed by atoms with Crippen molar-refractivity contribution < 1.29 is 9.18 Å². The summed E-state index contributed by atoms with van der Waals surface area (Å²) in [7, 11) is 3.93. The molecule has 0 unspecified atom stereocenters. The molecule has 0 spiro atoms. The van der Waals surface area contributed by atoms with Crippen LogP contribution in [0.5, 0.6) is 0 Å². The number of nitrogens with zero attached hydrogens (tertiary/aromatic N) is 1. The third-order valence-corrected chi connectivity index (χ3v) is 2.92. The molecule has 3 N–H and O–H groups in total. The Morgan fingerprint density at radius 2 is 2.00 bits per heavy atom. The number of hydrogen-bond donors (Lipinski definition) is 2. The van der Waals surface area contributed by atoms with E-state index in [0.717, 1.165) is 18.2 Å². The van der Waals surface area contributed by atoms with Crippen LogP contribution in [0, 0.1) is 5.82 Å². The monoisotopic (exact) mass is 287 g/mol. The smallest absolute Gasteiger partial charge is 0.258 e. The van der Waals surface area contributed by atoms with E-state index in [0.29, 0.717) is 5.69 Å². The molecule has 4 nitrogen and oxygen atoms in total. The van der Waals surface area contributed by atoms with Crippen molar-refractivity contribution in [1.82, 2.24) is 4.90 Å². The summed E-state index contributed by atoms with van der Waals surface area (Å²) in [5.41, 5.74) is 7.43. The summed E-state index contributed by atoms with van der Waals surface area (Å²) < 4.78 is 13.7. The van der Waals surface area contributed by atoms with Crippen LogP contribution in [0.3, 0.4) is 0 Å². The van der Waals surface area contributed by atoms with Gasteiger partial charge in [-0.3, -0.25) is 4.79 Å². The molecule has 2 aromatic carbocycles. The van der Waals surface area contributed by atoms with Crippen molar-refractivity contribution in [3.63, 3.8) is 0 Å². The second-order valence-electron chi connectivity index (χ2n) is 5.13. The molecule has 2 rings (SSSR count). The first-order chi connectivity index (χ1) is 9.95. The number of anilines is 2. The zero-order valence-corrected chi connectivity index (χ0v) is 12.1. The lowest BCUT2D eigenvalue weighted by molar-refractivity contribution is 0.102. The first kappa shape index (κ1) is 15.0. The molecule has 0 bridgehead atoms.